The SMILES string of the molecule is Cc1cc(C)cc(CCC(=O)NC2CC(=O)N(Cc3cccc(F)c3)C2)c1. The molecule has 1 fully saturated rings. The minimum atomic E-state index is -0.310. The number of nitrogens with one attached hydrogen (secondary N) is 1. The molecular formula is C22H25FN2O2. The molecule has 0 radical (unpaired) electrons. The third kappa shape index (κ3) is 5.39. The van der Waals surface area contributed by atoms with Crippen molar-refractivity contribution in [3.63, 3.8) is 0 Å². The molecule has 0 saturated carbocycles. The standard InChI is InChI=1S/C22H25FN2O2/c1-15-8-16(2)10-17(9-15)6-7-21(26)24-20-12-22(27)25(14-20)13-18-4-3-5-19(23)11-18/h3-5,8-11,20H,6-7,12-14H2,1-2H3,(H,24,26). The summed E-state index contributed by atoms with van der Waals surface area (Å²) in [6.07, 6.45) is 1.38. The molecule has 1 N–H and O–H groups in total. The van der Waals surface area contributed by atoms with E-state index in [2.05, 4.69) is 23.5 Å². The largest absolute Gasteiger partial charge is 0.351 e. The highest BCUT2D eigenvalue weighted by Crippen LogP contribution is 2.16. The zero-order chi connectivity index (χ0) is 19.4. The Morgan fingerprint density at radius 3 is 2.59 bits per heavy atom. The Kier molecular flexibility index (Phi) is 5.89. The van der Waals surface area contributed by atoms with Crippen LogP contribution in [-0.2, 0) is 22.6 Å². The number of hydrogen-bond acceptors (Lipinski definition) is 2. The summed E-state index contributed by atoms with van der Waals surface area (Å²) in [5.74, 6) is -0.367. The molecule has 0 aliphatic carbocycles. The number of likely N-dealkylation sites (tertiary alicyclic amines) is 1. The highest BCUT2D eigenvalue weighted by molar-refractivity contribution is 5.82. The first-order valence-electron chi connectivity index (χ1n) is 9.28. The smallest absolute Gasteiger partial charge is 0.225 e. The zero-order valence-electron chi connectivity index (χ0n) is 15.8. The maximum Gasteiger partial charge on any atom is 0.225 e. The molecule has 2 aromatic carbocycles. The Balaban J connectivity index is 1.49. The highest BCUT2D eigenvalue weighted by Gasteiger charge is 2.30. The van der Waals surface area contributed by atoms with Crippen LogP contribution in [0.1, 0.15) is 35.1 Å². The fraction of sp³-hybridized carbons (Fsp3) is 0.364. The summed E-state index contributed by atoms with van der Waals surface area (Å²) in [5.41, 5.74) is 4.29. The van der Waals surface area contributed by atoms with Crippen molar-refractivity contribution in [2.45, 2.75) is 45.7 Å². The second-order valence-corrected chi connectivity index (χ2v) is 7.37. The lowest BCUT2D eigenvalue weighted by Crippen LogP contribution is -2.37. The van der Waals surface area contributed by atoms with Gasteiger partial charge in [-0.2, -0.15) is 0 Å². The van der Waals surface area contributed by atoms with E-state index in [-0.39, 0.29) is 23.7 Å². The van der Waals surface area contributed by atoms with Gasteiger partial charge in [0.25, 0.3) is 0 Å². The number of benzene rings is 2. The maximum absolute atomic E-state index is 13.3. The van der Waals surface area contributed by atoms with Gasteiger partial charge in [0.05, 0.1) is 6.04 Å². The second kappa shape index (κ2) is 8.33. The first-order valence-corrected chi connectivity index (χ1v) is 9.28. The predicted molar refractivity (Wildman–Crippen MR) is 103 cm³/mol. The van der Waals surface area contributed by atoms with Gasteiger partial charge in [-0.1, -0.05) is 41.5 Å². The molecule has 1 atom stereocenters. The number of carbonyl (C=O) groups excluding carboxylic acids is 2. The van der Waals surface area contributed by atoms with Gasteiger partial charge in [0.1, 0.15) is 5.82 Å². The van der Waals surface area contributed by atoms with Crippen molar-refractivity contribution >= 4 is 11.8 Å². The molecule has 0 bridgehead atoms. The van der Waals surface area contributed by atoms with Gasteiger partial charge in [0, 0.05) is 25.9 Å². The summed E-state index contributed by atoms with van der Waals surface area (Å²) in [5, 5.41) is 2.96. The van der Waals surface area contributed by atoms with Crippen LogP contribution in [0.15, 0.2) is 42.5 Å². The Labute approximate surface area is 159 Å². The van der Waals surface area contributed by atoms with Crippen LogP contribution >= 0.6 is 0 Å². The minimum Gasteiger partial charge on any atom is -0.351 e. The van der Waals surface area contributed by atoms with Crippen molar-refractivity contribution in [2.24, 2.45) is 0 Å². The molecule has 27 heavy (non-hydrogen) atoms. The van der Waals surface area contributed by atoms with Gasteiger partial charge >= 0.3 is 0 Å². The van der Waals surface area contributed by atoms with Crippen molar-refractivity contribution < 1.29 is 14.0 Å². The first kappa shape index (κ1) is 19.1. The molecule has 0 spiro atoms. The number of aryl methyl sites for hydroxylation is 3. The maximum atomic E-state index is 13.3. The van der Waals surface area contributed by atoms with Crippen LogP contribution in [-0.4, -0.2) is 29.3 Å². The number of hydrogen-bond donors (Lipinski definition) is 1. The Hall–Kier alpha value is -2.69. The summed E-state index contributed by atoms with van der Waals surface area (Å²) >= 11 is 0. The van der Waals surface area contributed by atoms with Gasteiger partial charge in [-0.15, -0.1) is 0 Å². The van der Waals surface area contributed by atoms with Crippen molar-refractivity contribution in [3.05, 3.63) is 70.5 Å². The van der Waals surface area contributed by atoms with E-state index in [0.29, 0.717) is 32.4 Å². The van der Waals surface area contributed by atoms with E-state index in [4.69, 9.17) is 0 Å². The molecule has 1 aliphatic heterocycles. The minimum absolute atomic E-state index is 0.0149. The quantitative estimate of drug-likeness (QED) is 0.851. The summed E-state index contributed by atoms with van der Waals surface area (Å²) in [6, 6.07) is 12.4. The number of rotatable bonds is 6. The van der Waals surface area contributed by atoms with Crippen LogP contribution in [0, 0.1) is 19.7 Å². The number of halogens is 1. The third-order valence-corrected chi connectivity index (χ3v) is 4.76. The summed E-state index contributed by atoms with van der Waals surface area (Å²) < 4.78 is 13.3. The van der Waals surface area contributed by atoms with Gasteiger partial charge in [-0.3, -0.25) is 9.59 Å². The Bertz CT molecular complexity index is 830. The van der Waals surface area contributed by atoms with E-state index >= 15 is 0 Å². The van der Waals surface area contributed by atoms with Crippen molar-refractivity contribution in [3.8, 4) is 0 Å². The molecule has 3 rings (SSSR count). The lowest BCUT2D eigenvalue weighted by atomic mass is 10.0. The van der Waals surface area contributed by atoms with E-state index in [1.54, 1.807) is 17.0 Å². The number of nitrogens with zero attached hydrogens (tertiary/aromatic N) is 1. The highest BCUT2D eigenvalue weighted by atomic mass is 19.1. The molecule has 5 heteroatoms. The van der Waals surface area contributed by atoms with Gasteiger partial charge in [-0.05, 0) is 43.5 Å². The van der Waals surface area contributed by atoms with Crippen molar-refractivity contribution in [2.75, 3.05) is 6.54 Å². The molecule has 142 valence electrons. The van der Waals surface area contributed by atoms with E-state index in [9.17, 15) is 14.0 Å². The molecule has 1 unspecified atom stereocenters. The molecule has 4 nitrogen and oxygen atoms in total. The van der Waals surface area contributed by atoms with E-state index in [0.717, 1.165) is 11.1 Å². The number of carbonyl (C=O) groups is 2. The molecule has 2 aromatic rings. The van der Waals surface area contributed by atoms with Crippen LogP contribution in [0.5, 0.6) is 0 Å². The second-order valence-electron chi connectivity index (χ2n) is 7.37. The average molecular weight is 368 g/mol. The van der Waals surface area contributed by atoms with Crippen molar-refractivity contribution in [1.29, 1.82) is 0 Å². The third-order valence-electron chi connectivity index (χ3n) is 4.76. The Morgan fingerprint density at radius 2 is 1.89 bits per heavy atom. The van der Waals surface area contributed by atoms with E-state index < -0.39 is 0 Å². The summed E-state index contributed by atoms with van der Waals surface area (Å²) in [4.78, 5) is 26.1. The number of amides is 2. The lowest BCUT2D eigenvalue weighted by Gasteiger charge is -2.17. The summed E-state index contributed by atoms with van der Waals surface area (Å²) in [6.45, 7) is 4.93. The first-order chi connectivity index (χ1) is 12.9. The van der Waals surface area contributed by atoms with Crippen LogP contribution in [0.3, 0.4) is 0 Å². The lowest BCUT2D eigenvalue weighted by molar-refractivity contribution is -0.128. The summed E-state index contributed by atoms with van der Waals surface area (Å²) in [7, 11) is 0. The molecular weight excluding hydrogens is 343 g/mol. The molecule has 1 saturated heterocycles. The Morgan fingerprint density at radius 1 is 1.15 bits per heavy atom. The molecule has 2 amide bonds. The average Bonchev–Trinajstić information content (AvgIpc) is 2.91. The van der Waals surface area contributed by atoms with E-state index in [1.807, 2.05) is 13.8 Å². The van der Waals surface area contributed by atoms with Crippen LogP contribution in [0.4, 0.5) is 4.39 Å². The van der Waals surface area contributed by atoms with Gasteiger partial charge in [-0.25, -0.2) is 4.39 Å². The predicted octanol–water partition coefficient (Wildman–Crippen LogP) is 3.29. The molecule has 0 aromatic heterocycles. The van der Waals surface area contributed by atoms with Gasteiger partial charge < -0.3 is 10.2 Å². The monoisotopic (exact) mass is 368 g/mol. The molecule has 1 heterocycles. The van der Waals surface area contributed by atoms with Gasteiger partial charge in [0.2, 0.25) is 11.8 Å². The van der Waals surface area contributed by atoms with Crippen LogP contribution in [0.25, 0.3) is 0 Å². The fourth-order valence-electron chi connectivity index (χ4n) is 3.65. The van der Waals surface area contributed by atoms with Crippen LogP contribution < -0.4 is 5.32 Å². The van der Waals surface area contributed by atoms with Gasteiger partial charge in [0.15, 0.2) is 0 Å². The van der Waals surface area contributed by atoms with Crippen LogP contribution in [0.2, 0.25) is 0 Å². The fourth-order valence-corrected chi connectivity index (χ4v) is 3.65. The zero-order valence-corrected chi connectivity index (χ0v) is 15.8. The van der Waals surface area contributed by atoms with E-state index in [1.165, 1.54) is 23.3 Å². The topological polar surface area (TPSA) is 49.4 Å². The molecule has 1 aliphatic rings. The normalized spacial score (nSPS) is 16.6. The van der Waals surface area contributed by atoms with Crippen molar-refractivity contribution in [1.82, 2.24) is 10.2 Å².